The van der Waals surface area contributed by atoms with Crippen LogP contribution in [0.15, 0.2) is 72.8 Å². The molecule has 0 bridgehead atoms. The van der Waals surface area contributed by atoms with Crippen LogP contribution in [-0.4, -0.2) is 28.8 Å². The number of nitrogens with zero attached hydrogens (tertiary/aromatic N) is 1. The number of anilines is 1. The van der Waals surface area contributed by atoms with Gasteiger partial charge in [-0.15, -0.1) is 0 Å². The van der Waals surface area contributed by atoms with Crippen molar-refractivity contribution < 1.29 is 18.8 Å². The fourth-order valence-corrected chi connectivity index (χ4v) is 3.65. The minimum atomic E-state index is -0.854. The number of urea groups is 1. The number of amides is 4. The van der Waals surface area contributed by atoms with Gasteiger partial charge in [-0.1, -0.05) is 36.4 Å². The summed E-state index contributed by atoms with van der Waals surface area (Å²) in [7, 11) is 0. The zero-order valence-electron chi connectivity index (χ0n) is 17.8. The average molecular weight is 446 g/mol. The molecular weight excluding hydrogens is 423 g/mol. The van der Waals surface area contributed by atoms with Crippen molar-refractivity contribution in [1.29, 1.82) is 0 Å². The van der Waals surface area contributed by atoms with E-state index in [9.17, 15) is 18.8 Å². The average Bonchev–Trinajstić information content (AvgIpc) is 3.23. The Balaban J connectivity index is 1.30. The maximum absolute atomic E-state index is 13.4. The number of rotatable bonds is 5. The van der Waals surface area contributed by atoms with E-state index in [4.69, 9.17) is 5.73 Å². The van der Waals surface area contributed by atoms with E-state index in [1.165, 1.54) is 24.3 Å². The highest BCUT2D eigenvalue weighted by Crippen LogP contribution is 2.24. The van der Waals surface area contributed by atoms with E-state index in [-0.39, 0.29) is 17.4 Å². The van der Waals surface area contributed by atoms with Gasteiger partial charge in [0, 0.05) is 24.3 Å². The summed E-state index contributed by atoms with van der Waals surface area (Å²) >= 11 is 0. The first-order valence-electron chi connectivity index (χ1n) is 10.5. The largest absolute Gasteiger partial charge is 0.322 e. The van der Waals surface area contributed by atoms with Crippen LogP contribution in [0.5, 0.6) is 0 Å². The second-order valence-electron chi connectivity index (χ2n) is 7.89. The Labute approximate surface area is 190 Å². The molecular formula is C25H23FN4O3. The lowest BCUT2D eigenvalue weighted by Crippen LogP contribution is -2.44. The quantitative estimate of drug-likeness (QED) is 0.560. The molecule has 4 N–H and O–H groups in total. The minimum absolute atomic E-state index is 0.261. The zero-order chi connectivity index (χ0) is 23.4. The Morgan fingerprint density at radius 3 is 2.36 bits per heavy atom. The van der Waals surface area contributed by atoms with E-state index < -0.39 is 17.9 Å². The van der Waals surface area contributed by atoms with Gasteiger partial charge in [-0.05, 0) is 59.5 Å². The number of nitrogens with one attached hydrogen (secondary N) is 2. The van der Waals surface area contributed by atoms with E-state index in [0.29, 0.717) is 25.2 Å². The van der Waals surface area contributed by atoms with Gasteiger partial charge in [-0.3, -0.25) is 14.9 Å². The maximum Gasteiger partial charge on any atom is 0.322 e. The molecule has 0 unspecified atom stereocenters. The number of carbonyl (C=O) groups excluding carboxylic acids is 3. The molecule has 0 fully saturated rings. The monoisotopic (exact) mass is 446 g/mol. The van der Waals surface area contributed by atoms with Crippen LogP contribution in [0, 0.1) is 5.82 Å². The van der Waals surface area contributed by atoms with E-state index in [1.807, 2.05) is 30.3 Å². The highest BCUT2D eigenvalue weighted by atomic mass is 19.1. The van der Waals surface area contributed by atoms with Crippen molar-refractivity contribution in [3.05, 3.63) is 101 Å². The fourth-order valence-electron chi connectivity index (χ4n) is 3.65. The first-order chi connectivity index (χ1) is 15.9. The van der Waals surface area contributed by atoms with Gasteiger partial charge in [-0.2, -0.15) is 0 Å². The molecule has 1 aliphatic rings. The molecule has 0 saturated carbocycles. The van der Waals surface area contributed by atoms with Crippen LogP contribution in [0.25, 0.3) is 0 Å². The van der Waals surface area contributed by atoms with Gasteiger partial charge in [0.1, 0.15) is 5.82 Å². The van der Waals surface area contributed by atoms with Crippen molar-refractivity contribution in [3.8, 4) is 0 Å². The Morgan fingerprint density at radius 2 is 1.64 bits per heavy atom. The van der Waals surface area contributed by atoms with Crippen LogP contribution in [0.1, 0.15) is 27.0 Å². The van der Waals surface area contributed by atoms with Crippen molar-refractivity contribution in [2.24, 2.45) is 5.73 Å². The number of benzene rings is 3. The summed E-state index contributed by atoms with van der Waals surface area (Å²) in [6.07, 6.45) is 0.317. The third-order valence-corrected chi connectivity index (χ3v) is 5.45. The third kappa shape index (κ3) is 5.42. The molecule has 1 atom stereocenters. The first-order valence-corrected chi connectivity index (χ1v) is 10.5. The predicted octanol–water partition coefficient (Wildman–Crippen LogP) is 3.20. The molecule has 7 nitrogen and oxygen atoms in total. The summed E-state index contributed by atoms with van der Waals surface area (Å²) in [6, 6.07) is 18.8. The Bertz CT molecular complexity index is 1180. The summed E-state index contributed by atoms with van der Waals surface area (Å²) in [6.45, 7) is 0.720. The zero-order valence-corrected chi connectivity index (χ0v) is 17.8. The normalized spacial score (nSPS) is 13.2. The van der Waals surface area contributed by atoms with E-state index in [2.05, 4.69) is 10.6 Å². The topological polar surface area (TPSA) is 105 Å². The van der Waals surface area contributed by atoms with Crippen LogP contribution < -0.4 is 16.4 Å². The van der Waals surface area contributed by atoms with Crippen LogP contribution in [0.4, 0.5) is 14.9 Å². The van der Waals surface area contributed by atoms with Gasteiger partial charge in [0.05, 0.1) is 6.04 Å². The number of halogens is 1. The summed E-state index contributed by atoms with van der Waals surface area (Å²) in [5, 5.41) is 5.07. The fraction of sp³-hybridized carbons (Fsp3) is 0.160. The number of carbonyl (C=O) groups is 3. The Morgan fingerprint density at radius 1 is 0.939 bits per heavy atom. The summed E-state index contributed by atoms with van der Waals surface area (Å²) in [4.78, 5) is 38.8. The highest BCUT2D eigenvalue weighted by Gasteiger charge is 2.24. The van der Waals surface area contributed by atoms with E-state index >= 15 is 0 Å². The van der Waals surface area contributed by atoms with Crippen molar-refractivity contribution in [2.45, 2.75) is 25.6 Å². The molecule has 3 aromatic rings. The number of fused-ring (bicyclic) bond motifs is 1. The molecule has 4 amide bonds. The van der Waals surface area contributed by atoms with Gasteiger partial charge in [0.2, 0.25) is 5.91 Å². The van der Waals surface area contributed by atoms with Gasteiger partial charge in [0.25, 0.3) is 5.91 Å². The minimum Gasteiger partial charge on any atom is -0.320 e. The van der Waals surface area contributed by atoms with Crippen LogP contribution >= 0.6 is 0 Å². The van der Waals surface area contributed by atoms with Gasteiger partial charge in [-0.25, -0.2) is 9.18 Å². The summed E-state index contributed by atoms with van der Waals surface area (Å²) in [5.74, 6) is -1.46. The Kier molecular flexibility index (Phi) is 6.46. The van der Waals surface area contributed by atoms with E-state index in [1.54, 1.807) is 23.1 Å². The van der Waals surface area contributed by atoms with Crippen LogP contribution in [0.2, 0.25) is 0 Å². The number of imide groups is 1. The SMILES string of the molecule is N[C@@H](Cc1ccccc1)C(=O)NC(=O)c1ccc(NC(=O)N2Cc3ccc(F)cc3C2)cc1. The molecule has 0 spiro atoms. The predicted molar refractivity (Wildman–Crippen MR) is 122 cm³/mol. The van der Waals surface area contributed by atoms with Gasteiger partial charge < -0.3 is 16.0 Å². The second kappa shape index (κ2) is 9.62. The number of hydrogen-bond acceptors (Lipinski definition) is 4. The van der Waals surface area contributed by atoms with Crippen molar-refractivity contribution in [2.75, 3.05) is 5.32 Å². The lowest BCUT2D eigenvalue weighted by molar-refractivity contribution is -0.121. The molecule has 0 aliphatic carbocycles. The molecule has 0 aromatic heterocycles. The summed E-state index contributed by atoms with van der Waals surface area (Å²) < 4.78 is 13.4. The highest BCUT2D eigenvalue weighted by molar-refractivity contribution is 6.06. The van der Waals surface area contributed by atoms with Crippen LogP contribution in [0.3, 0.4) is 0 Å². The second-order valence-corrected chi connectivity index (χ2v) is 7.89. The molecule has 168 valence electrons. The third-order valence-electron chi connectivity index (χ3n) is 5.45. The molecule has 8 heteroatoms. The molecule has 4 rings (SSSR count). The van der Waals surface area contributed by atoms with E-state index in [0.717, 1.165) is 16.7 Å². The van der Waals surface area contributed by atoms with Crippen molar-refractivity contribution >= 4 is 23.5 Å². The van der Waals surface area contributed by atoms with Gasteiger partial charge >= 0.3 is 6.03 Å². The lowest BCUT2D eigenvalue weighted by Gasteiger charge is -2.16. The van der Waals surface area contributed by atoms with Crippen LogP contribution in [-0.2, 0) is 24.3 Å². The molecule has 3 aromatic carbocycles. The first kappa shape index (κ1) is 22.2. The Hall–Kier alpha value is -4.04. The van der Waals surface area contributed by atoms with Crippen molar-refractivity contribution in [3.63, 3.8) is 0 Å². The molecule has 33 heavy (non-hydrogen) atoms. The van der Waals surface area contributed by atoms with Gasteiger partial charge in [0.15, 0.2) is 0 Å². The lowest BCUT2D eigenvalue weighted by atomic mass is 10.1. The number of nitrogens with two attached hydrogens (primary N) is 1. The maximum atomic E-state index is 13.4. The summed E-state index contributed by atoms with van der Waals surface area (Å²) in [5.41, 5.74) is 9.27. The van der Waals surface area contributed by atoms with Crippen molar-refractivity contribution in [1.82, 2.24) is 10.2 Å². The molecule has 0 radical (unpaired) electrons. The molecule has 1 heterocycles. The number of hydrogen-bond donors (Lipinski definition) is 3. The standard InChI is InChI=1S/C25H23FN4O3/c26-20-9-6-18-14-30(15-19(18)13-20)25(33)28-21-10-7-17(8-11-21)23(31)29-24(32)22(27)12-16-4-2-1-3-5-16/h1-11,13,22H,12,14-15,27H2,(H,28,33)(H,29,31,32)/t22-/m0/s1. The molecule has 0 saturated heterocycles. The smallest absolute Gasteiger partial charge is 0.320 e. The molecule has 1 aliphatic heterocycles.